The highest BCUT2D eigenvalue weighted by Crippen LogP contribution is 2.22. The first-order valence-corrected chi connectivity index (χ1v) is 9.76. The molecule has 0 unspecified atom stereocenters. The number of Topliss-reactive ketones (excluding diaryl/α,β-unsaturated/α-hetero) is 1. The Bertz CT molecular complexity index is 840. The number of aryl methyl sites for hydroxylation is 1. The Labute approximate surface area is 165 Å². The maximum absolute atomic E-state index is 12.5. The Balaban J connectivity index is 1.41. The van der Waals surface area contributed by atoms with Crippen LogP contribution in [0.25, 0.3) is 0 Å². The summed E-state index contributed by atoms with van der Waals surface area (Å²) in [5.74, 6) is 0.00408. The van der Waals surface area contributed by atoms with E-state index in [-0.39, 0.29) is 29.9 Å². The molecule has 1 N–H and O–H groups in total. The van der Waals surface area contributed by atoms with E-state index in [0.717, 1.165) is 11.1 Å². The third-order valence-electron chi connectivity index (χ3n) is 5.18. The molecule has 5 heteroatoms. The molecular formula is C23H26N2O3. The van der Waals surface area contributed by atoms with Crippen LogP contribution in [0.15, 0.2) is 54.6 Å². The fraction of sp³-hybridized carbons (Fsp3) is 0.348. The smallest absolute Gasteiger partial charge is 0.251 e. The second-order valence-electron chi connectivity index (χ2n) is 7.26. The summed E-state index contributed by atoms with van der Waals surface area (Å²) in [6.45, 7) is 3.43. The minimum absolute atomic E-state index is 0.0209. The third kappa shape index (κ3) is 5.06. The van der Waals surface area contributed by atoms with Crippen molar-refractivity contribution in [1.82, 2.24) is 10.2 Å². The van der Waals surface area contributed by atoms with Crippen molar-refractivity contribution in [2.75, 3.05) is 19.6 Å². The van der Waals surface area contributed by atoms with E-state index in [2.05, 4.69) is 5.32 Å². The van der Waals surface area contributed by atoms with E-state index in [0.29, 0.717) is 38.0 Å². The predicted octanol–water partition coefficient (Wildman–Crippen LogP) is 3.24. The topological polar surface area (TPSA) is 66.5 Å². The van der Waals surface area contributed by atoms with Crippen molar-refractivity contribution in [2.45, 2.75) is 26.2 Å². The summed E-state index contributed by atoms with van der Waals surface area (Å²) in [5.41, 5.74) is 2.37. The van der Waals surface area contributed by atoms with Gasteiger partial charge in [0.2, 0.25) is 5.91 Å². The maximum Gasteiger partial charge on any atom is 0.251 e. The van der Waals surface area contributed by atoms with Crippen LogP contribution in [0, 0.1) is 12.8 Å². The van der Waals surface area contributed by atoms with Gasteiger partial charge in [-0.15, -0.1) is 0 Å². The second-order valence-corrected chi connectivity index (χ2v) is 7.26. The molecule has 2 amide bonds. The predicted molar refractivity (Wildman–Crippen MR) is 108 cm³/mol. The number of hydrogen-bond acceptors (Lipinski definition) is 3. The molecule has 0 aliphatic carbocycles. The molecule has 1 aliphatic heterocycles. The number of amides is 2. The van der Waals surface area contributed by atoms with Crippen LogP contribution >= 0.6 is 0 Å². The first-order chi connectivity index (χ1) is 13.5. The number of ketones is 1. The number of piperidine rings is 1. The van der Waals surface area contributed by atoms with Crippen LogP contribution in [-0.4, -0.2) is 42.1 Å². The van der Waals surface area contributed by atoms with Crippen LogP contribution in [0.2, 0.25) is 0 Å². The molecule has 0 saturated carbocycles. The molecule has 0 atom stereocenters. The first kappa shape index (κ1) is 19.8. The number of nitrogens with one attached hydrogen (secondary N) is 1. The quantitative estimate of drug-likeness (QED) is 0.785. The number of likely N-dealkylation sites (tertiary alicyclic amines) is 1. The van der Waals surface area contributed by atoms with Gasteiger partial charge in [-0.25, -0.2) is 0 Å². The van der Waals surface area contributed by atoms with Crippen LogP contribution in [0.3, 0.4) is 0 Å². The summed E-state index contributed by atoms with van der Waals surface area (Å²) in [6, 6.07) is 16.7. The molecule has 1 fully saturated rings. The van der Waals surface area contributed by atoms with Gasteiger partial charge in [0.05, 0.1) is 0 Å². The number of benzene rings is 2. The van der Waals surface area contributed by atoms with Crippen molar-refractivity contribution in [1.29, 1.82) is 0 Å². The zero-order valence-electron chi connectivity index (χ0n) is 16.2. The maximum atomic E-state index is 12.5. The third-order valence-corrected chi connectivity index (χ3v) is 5.18. The lowest BCUT2D eigenvalue weighted by Crippen LogP contribution is -2.41. The molecular weight excluding hydrogens is 352 g/mol. The van der Waals surface area contributed by atoms with Gasteiger partial charge in [0.25, 0.3) is 5.91 Å². The second kappa shape index (κ2) is 9.31. The van der Waals surface area contributed by atoms with E-state index in [9.17, 15) is 14.4 Å². The average Bonchev–Trinajstić information content (AvgIpc) is 2.73. The Morgan fingerprint density at radius 1 is 0.964 bits per heavy atom. The van der Waals surface area contributed by atoms with Gasteiger partial charge in [0.1, 0.15) is 0 Å². The van der Waals surface area contributed by atoms with Gasteiger partial charge in [-0.3, -0.25) is 14.4 Å². The molecule has 5 nitrogen and oxygen atoms in total. The van der Waals surface area contributed by atoms with Crippen molar-refractivity contribution in [3.05, 3.63) is 71.3 Å². The van der Waals surface area contributed by atoms with Crippen LogP contribution < -0.4 is 5.32 Å². The monoisotopic (exact) mass is 378 g/mol. The number of rotatable bonds is 6. The van der Waals surface area contributed by atoms with Gasteiger partial charge in [-0.05, 0) is 31.9 Å². The van der Waals surface area contributed by atoms with Crippen molar-refractivity contribution in [3.63, 3.8) is 0 Å². The molecule has 0 aromatic heterocycles. The average molecular weight is 378 g/mol. The molecule has 146 valence electrons. The molecule has 1 saturated heterocycles. The van der Waals surface area contributed by atoms with Gasteiger partial charge in [0.15, 0.2) is 5.78 Å². The lowest BCUT2D eigenvalue weighted by Gasteiger charge is -2.31. The van der Waals surface area contributed by atoms with Crippen LogP contribution in [0.1, 0.15) is 45.5 Å². The van der Waals surface area contributed by atoms with Crippen molar-refractivity contribution in [2.24, 2.45) is 5.92 Å². The number of carbonyl (C=O) groups excluding carboxylic acids is 3. The molecule has 28 heavy (non-hydrogen) atoms. The van der Waals surface area contributed by atoms with Crippen molar-refractivity contribution in [3.8, 4) is 0 Å². The van der Waals surface area contributed by atoms with Gasteiger partial charge in [-0.1, -0.05) is 48.0 Å². The normalized spacial score (nSPS) is 14.5. The molecule has 0 bridgehead atoms. The van der Waals surface area contributed by atoms with E-state index in [1.165, 1.54) is 0 Å². The summed E-state index contributed by atoms with van der Waals surface area (Å²) in [5, 5.41) is 2.80. The summed E-state index contributed by atoms with van der Waals surface area (Å²) in [7, 11) is 0. The fourth-order valence-corrected chi connectivity index (χ4v) is 3.56. The SMILES string of the molecule is Cc1cccc(C(=O)NCCC(=O)N2CCC(C(=O)c3ccccc3)CC2)c1. The minimum Gasteiger partial charge on any atom is -0.352 e. The molecule has 1 aliphatic rings. The van der Waals surface area contributed by atoms with E-state index in [4.69, 9.17) is 0 Å². The van der Waals surface area contributed by atoms with E-state index < -0.39 is 0 Å². The molecule has 2 aromatic rings. The Morgan fingerprint density at radius 2 is 1.64 bits per heavy atom. The Morgan fingerprint density at radius 3 is 2.32 bits per heavy atom. The highest BCUT2D eigenvalue weighted by molar-refractivity contribution is 5.98. The lowest BCUT2D eigenvalue weighted by molar-refractivity contribution is -0.132. The summed E-state index contributed by atoms with van der Waals surface area (Å²) in [4.78, 5) is 38.9. The minimum atomic E-state index is -0.163. The summed E-state index contributed by atoms with van der Waals surface area (Å²) >= 11 is 0. The lowest BCUT2D eigenvalue weighted by atomic mass is 9.89. The standard InChI is InChI=1S/C23H26N2O3/c1-17-6-5-9-20(16-17)23(28)24-13-10-21(26)25-14-11-19(12-15-25)22(27)18-7-3-2-4-8-18/h2-9,16,19H,10-15H2,1H3,(H,24,28). The molecule has 2 aromatic carbocycles. The van der Waals surface area contributed by atoms with Gasteiger partial charge in [0, 0.05) is 43.1 Å². The number of nitrogens with zero attached hydrogens (tertiary/aromatic N) is 1. The van der Waals surface area contributed by atoms with Crippen molar-refractivity contribution >= 4 is 17.6 Å². The van der Waals surface area contributed by atoms with Crippen LogP contribution in [0.4, 0.5) is 0 Å². The van der Waals surface area contributed by atoms with Crippen LogP contribution in [-0.2, 0) is 4.79 Å². The zero-order chi connectivity index (χ0) is 19.9. The molecule has 0 spiro atoms. The van der Waals surface area contributed by atoms with E-state index in [1.54, 1.807) is 11.0 Å². The summed E-state index contributed by atoms with van der Waals surface area (Å²) in [6.07, 6.45) is 1.65. The Hall–Kier alpha value is -2.95. The highest BCUT2D eigenvalue weighted by Gasteiger charge is 2.27. The van der Waals surface area contributed by atoms with E-state index >= 15 is 0 Å². The highest BCUT2D eigenvalue weighted by atomic mass is 16.2. The van der Waals surface area contributed by atoms with E-state index in [1.807, 2.05) is 55.5 Å². The van der Waals surface area contributed by atoms with Gasteiger partial charge in [-0.2, -0.15) is 0 Å². The van der Waals surface area contributed by atoms with Gasteiger partial charge < -0.3 is 10.2 Å². The van der Waals surface area contributed by atoms with Crippen LogP contribution in [0.5, 0.6) is 0 Å². The zero-order valence-corrected chi connectivity index (χ0v) is 16.2. The largest absolute Gasteiger partial charge is 0.352 e. The Kier molecular flexibility index (Phi) is 6.58. The molecule has 0 radical (unpaired) electrons. The molecule has 3 rings (SSSR count). The number of hydrogen-bond donors (Lipinski definition) is 1. The first-order valence-electron chi connectivity index (χ1n) is 9.76. The van der Waals surface area contributed by atoms with Gasteiger partial charge >= 0.3 is 0 Å². The van der Waals surface area contributed by atoms with Crippen molar-refractivity contribution < 1.29 is 14.4 Å². The summed E-state index contributed by atoms with van der Waals surface area (Å²) < 4.78 is 0. The fourth-order valence-electron chi connectivity index (χ4n) is 3.56. The molecule has 1 heterocycles. The number of carbonyl (C=O) groups is 3.